The zero-order valence-electron chi connectivity index (χ0n) is 12.8. The molecule has 0 saturated heterocycles. The summed E-state index contributed by atoms with van der Waals surface area (Å²) in [6.07, 6.45) is 0. The van der Waals surface area contributed by atoms with Gasteiger partial charge in [0.05, 0.1) is 11.8 Å². The van der Waals surface area contributed by atoms with Crippen LogP contribution in [0.1, 0.15) is 31.9 Å². The topological polar surface area (TPSA) is 52.9 Å². The third-order valence-corrected chi connectivity index (χ3v) is 4.65. The Morgan fingerprint density at radius 3 is 2.65 bits per heavy atom. The number of hydrogen-bond donors (Lipinski definition) is 1. The number of nitrogens with zero attached hydrogens (tertiary/aromatic N) is 1. The number of thioether (sulfide) groups is 1. The number of nitrogens with one attached hydrogen (secondary N) is 1. The quantitative estimate of drug-likeness (QED) is 0.845. The van der Waals surface area contributed by atoms with E-state index < -0.39 is 5.54 Å². The molecule has 108 valence electrons. The lowest BCUT2D eigenvalue weighted by molar-refractivity contribution is -0.120. The van der Waals surface area contributed by atoms with E-state index in [2.05, 4.69) is 29.6 Å². The second-order valence-corrected chi connectivity index (χ2v) is 6.59. The molecule has 0 aliphatic carbocycles. The van der Waals surface area contributed by atoms with E-state index in [1.165, 1.54) is 22.9 Å². The predicted octanol–water partition coefficient (Wildman–Crippen LogP) is 3.45. The van der Waals surface area contributed by atoms with Crippen LogP contribution in [0.2, 0.25) is 0 Å². The van der Waals surface area contributed by atoms with Gasteiger partial charge in [-0.1, -0.05) is 31.5 Å². The van der Waals surface area contributed by atoms with Crippen molar-refractivity contribution in [2.45, 2.75) is 45.1 Å². The number of carbonyl (C=O) groups is 1. The number of rotatable bonds is 5. The van der Waals surface area contributed by atoms with Crippen LogP contribution in [-0.2, 0) is 4.79 Å². The number of carbonyl (C=O) groups excluding carboxylic acids is 1. The van der Waals surface area contributed by atoms with E-state index in [1.54, 1.807) is 6.92 Å². The molecule has 1 aromatic carbocycles. The summed E-state index contributed by atoms with van der Waals surface area (Å²) in [6.45, 7) is 9.70. The summed E-state index contributed by atoms with van der Waals surface area (Å²) in [5, 5.41) is 12.0. The van der Waals surface area contributed by atoms with Crippen LogP contribution in [0.25, 0.3) is 0 Å². The van der Waals surface area contributed by atoms with Gasteiger partial charge in [0.1, 0.15) is 5.54 Å². The summed E-state index contributed by atoms with van der Waals surface area (Å²) in [7, 11) is 0. The van der Waals surface area contributed by atoms with Gasteiger partial charge < -0.3 is 5.32 Å². The Morgan fingerprint density at radius 1 is 1.45 bits per heavy atom. The van der Waals surface area contributed by atoms with Gasteiger partial charge in [0.15, 0.2) is 0 Å². The molecule has 0 aromatic heterocycles. The first-order valence-corrected chi connectivity index (χ1v) is 7.69. The van der Waals surface area contributed by atoms with Crippen molar-refractivity contribution >= 4 is 17.7 Å². The molecule has 1 atom stereocenters. The van der Waals surface area contributed by atoms with Gasteiger partial charge in [0.25, 0.3) is 0 Å². The zero-order valence-corrected chi connectivity index (χ0v) is 13.6. The Balaban J connectivity index is 2.65. The Morgan fingerprint density at radius 2 is 2.10 bits per heavy atom. The fraction of sp³-hybridized carbons (Fsp3) is 0.500. The average Bonchev–Trinajstić information content (AvgIpc) is 2.39. The van der Waals surface area contributed by atoms with E-state index in [-0.39, 0.29) is 11.8 Å². The predicted molar refractivity (Wildman–Crippen MR) is 83.6 cm³/mol. The van der Waals surface area contributed by atoms with Crippen LogP contribution in [0.4, 0.5) is 0 Å². The van der Waals surface area contributed by atoms with Crippen LogP contribution >= 0.6 is 11.8 Å². The molecular formula is C16H22N2OS. The Labute approximate surface area is 125 Å². The lowest BCUT2D eigenvalue weighted by Crippen LogP contribution is -2.49. The summed E-state index contributed by atoms with van der Waals surface area (Å²) in [4.78, 5) is 13.1. The second kappa shape index (κ2) is 6.81. The minimum absolute atomic E-state index is 0.0714. The van der Waals surface area contributed by atoms with Crippen molar-refractivity contribution in [3.8, 4) is 6.07 Å². The molecule has 0 saturated carbocycles. The maximum absolute atomic E-state index is 12.0. The van der Waals surface area contributed by atoms with Crippen molar-refractivity contribution in [3.05, 3.63) is 29.3 Å². The molecule has 1 aromatic rings. The molecule has 4 heteroatoms. The number of amides is 1. The van der Waals surface area contributed by atoms with Crippen LogP contribution < -0.4 is 5.32 Å². The van der Waals surface area contributed by atoms with Crippen LogP contribution in [0.3, 0.4) is 0 Å². The van der Waals surface area contributed by atoms with Crippen LogP contribution in [0.5, 0.6) is 0 Å². The molecular weight excluding hydrogens is 268 g/mol. The first kappa shape index (κ1) is 16.6. The lowest BCUT2D eigenvalue weighted by atomic mass is 9.90. The highest BCUT2D eigenvalue weighted by atomic mass is 32.2. The van der Waals surface area contributed by atoms with Crippen LogP contribution in [-0.4, -0.2) is 17.2 Å². The zero-order chi connectivity index (χ0) is 15.3. The van der Waals surface area contributed by atoms with Crippen molar-refractivity contribution in [2.24, 2.45) is 5.92 Å². The molecule has 20 heavy (non-hydrogen) atoms. The fourth-order valence-corrected chi connectivity index (χ4v) is 2.56. The van der Waals surface area contributed by atoms with Gasteiger partial charge in [0, 0.05) is 4.90 Å². The molecule has 0 unspecified atom stereocenters. The summed E-state index contributed by atoms with van der Waals surface area (Å²) < 4.78 is 0. The van der Waals surface area contributed by atoms with E-state index in [4.69, 9.17) is 0 Å². The third kappa shape index (κ3) is 4.28. The van der Waals surface area contributed by atoms with Crippen molar-refractivity contribution in [3.63, 3.8) is 0 Å². The molecule has 0 aliphatic heterocycles. The van der Waals surface area contributed by atoms with Gasteiger partial charge in [-0.3, -0.25) is 4.79 Å². The molecule has 1 rings (SSSR count). The summed E-state index contributed by atoms with van der Waals surface area (Å²) >= 11 is 1.51. The van der Waals surface area contributed by atoms with Gasteiger partial charge in [-0.2, -0.15) is 5.26 Å². The lowest BCUT2D eigenvalue weighted by Gasteiger charge is -2.27. The maximum atomic E-state index is 12.0. The highest BCUT2D eigenvalue weighted by molar-refractivity contribution is 8.00. The molecule has 0 spiro atoms. The summed E-state index contributed by atoms with van der Waals surface area (Å²) in [5.41, 5.74) is 1.54. The number of hydrogen-bond acceptors (Lipinski definition) is 3. The Kier molecular flexibility index (Phi) is 5.64. The molecule has 0 bridgehead atoms. The Bertz CT molecular complexity index is 534. The highest BCUT2D eigenvalue weighted by Gasteiger charge is 2.29. The normalized spacial score (nSPS) is 13.7. The molecule has 0 radical (unpaired) electrons. The SMILES string of the molecule is Cc1ccc(C)c(SCC(=O)N[C@](C)(C#N)C(C)C)c1. The van der Waals surface area contributed by atoms with Crippen LogP contribution in [0, 0.1) is 31.1 Å². The minimum Gasteiger partial charge on any atom is -0.337 e. The smallest absolute Gasteiger partial charge is 0.231 e. The molecule has 1 amide bonds. The average molecular weight is 290 g/mol. The Hall–Kier alpha value is -1.47. The molecule has 3 nitrogen and oxygen atoms in total. The van der Waals surface area contributed by atoms with Crippen molar-refractivity contribution < 1.29 is 4.79 Å². The highest BCUT2D eigenvalue weighted by Crippen LogP contribution is 2.24. The monoisotopic (exact) mass is 290 g/mol. The van der Waals surface area contributed by atoms with E-state index in [0.29, 0.717) is 5.75 Å². The fourth-order valence-electron chi connectivity index (χ4n) is 1.63. The van der Waals surface area contributed by atoms with Gasteiger partial charge >= 0.3 is 0 Å². The molecule has 1 N–H and O–H groups in total. The largest absolute Gasteiger partial charge is 0.337 e. The molecule has 0 heterocycles. The molecule has 0 aliphatic rings. The first-order valence-electron chi connectivity index (χ1n) is 6.71. The number of aryl methyl sites for hydroxylation is 2. The minimum atomic E-state index is -0.806. The van der Waals surface area contributed by atoms with E-state index in [1.807, 2.05) is 27.7 Å². The van der Waals surface area contributed by atoms with E-state index in [0.717, 1.165) is 4.90 Å². The summed E-state index contributed by atoms with van der Waals surface area (Å²) in [6, 6.07) is 8.39. The van der Waals surface area contributed by atoms with Crippen LogP contribution in [0.15, 0.2) is 23.1 Å². The maximum Gasteiger partial charge on any atom is 0.231 e. The first-order chi connectivity index (χ1) is 9.28. The second-order valence-electron chi connectivity index (χ2n) is 5.57. The van der Waals surface area contributed by atoms with E-state index in [9.17, 15) is 10.1 Å². The van der Waals surface area contributed by atoms with Gasteiger partial charge in [-0.05, 0) is 38.3 Å². The van der Waals surface area contributed by atoms with Crippen molar-refractivity contribution in [2.75, 3.05) is 5.75 Å². The standard InChI is InChI=1S/C16H22N2OS/c1-11(2)16(5,10-17)18-15(19)9-20-14-8-12(3)6-7-13(14)4/h6-8,11H,9H2,1-5H3,(H,18,19)/t16-/m1/s1. The van der Waals surface area contributed by atoms with Crippen molar-refractivity contribution in [1.29, 1.82) is 5.26 Å². The third-order valence-electron chi connectivity index (χ3n) is 3.49. The molecule has 0 fully saturated rings. The van der Waals surface area contributed by atoms with E-state index >= 15 is 0 Å². The van der Waals surface area contributed by atoms with Gasteiger partial charge in [-0.15, -0.1) is 11.8 Å². The number of nitriles is 1. The van der Waals surface area contributed by atoms with Gasteiger partial charge in [-0.25, -0.2) is 0 Å². The summed E-state index contributed by atoms with van der Waals surface area (Å²) in [5.74, 6) is 0.296. The van der Waals surface area contributed by atoms with Crippen molar-refractivity contribution in [1.82, 2.24) is 5.32 Å². The number of benzene rings is 1. The van der Waals surface area contributed by atoms with Gasteiger partial charge in [0.2, 0.25) is 5.91 Å².